The zero-order chi connectivity index (χ0) is 13.5. The molecule has 18 heavy (non-hydrogen) atoms. The molecule has 1 rings (SSSR count). The van der Waals surface area contributed by atoms with Gasteiger partial charge in [0.2, 0.25) is 0 Å². The standard InChI is InChI=1S/C15H24ClNO/c1-5-11(6-2)14(17-3)10-12-9-13(16)7-8-15(12)18-4/h7-9,11,14,17H,5-6,10H2,1-4H3. The Morgan fingerprint density at radius 1 is 1.28 bits per heavy atom. The SMILES string of the molecule is CCC(CC)C(Cc1cc(Cl)ccc1OC)NC. The summed E-state index contributed by atoms with van der Waals surface area (Å²) in [4.78, 5) is 0. The van der Waals surface area contributed by atoms with E-state index in [0.717, 1.165) is 17.2 Å². The second-order valence-corrected chi connectivity index (χ2v) is 5.07. The Labute approximate surface area is 116 Å². The second-order valence-electron chi connectivity index (χ2n) is 4.63. The van der Waals surface area contributed by atoms with Crippen molar-refractivity contribution in [2.75, 3.05) is 14.2 Å². The molecule has 0 saturated heterocycles. The molecule has 0 aliphatic heterocycles. The first-order valence-electron chi connectivity index (χ1n) is 6.65. The molecule has 102 valence electrons. The van der Waals surface area contributed by atoms with Gasteiger partial charge in [-0.1, -0.05) is 38.3 Å². The van der Waals surface area contributed by atoms with Gasteiger partial charge in [-0.2, -0.15) is 0 Å². The molecule has 0 radical (unpaired) electrons. The van der Waals surface area contributed by atoms with Crippen LogP contribution in [0.1, 0.15) is 32.3 Å². The molecule has 1 aromatic rings. The summed E-state index contributed by atoms with van der Waals surface area (Å²) in [6.07, 6.45) is 3.32. The third-order valence-electron chi connectivity index (χ3n) is 3.67. The van der Waals surface area contributed by atoms with E-state index < -0.39 is 0 Å². The molecular weight excluding hydrogens is 246 g/mol. The number of nitrogens with one attached hydrogen (secondary N) is 1. The van der Waals surface area contributed by atoms with Crippen LogP contribution >= 0.6 is 11.6 Å². The van der Waals surface area contributed by atoms with Crippen molar-refractivity contribution in [2.24, 2.45) is 5.92 Å². The number of methoxy groups -OCH3 is 1. The van der Waals surface area contributed by atoms with Crippen LogP contribution in [0.25, 0.3) is 0 Å². The minimum absolute atomic E-state index is 0.465. The summed E-state index contributed by atoms with van der Waals surface area (Å²) in [6.45, 7) is 4.49. The van der Waals surface area contributed by atoms with E-state index in [9.17, 15) is 0 Å². The Morgan fingerprint density at radius 2 is 1.94 bits per heavy atom. The van der Waals surface area contributed by atoms with E-state index in [1.165, 1.54) is 18.4 Å². The fraction of sp³-hybridized carbons (Fsp3) is 0.600. The molecule has 0 fully saturated rings. The van der Waals surface area contributed by atoms with E-state index in [4.69, 9.17) is 16.3 Å². The number of halogens is 1. The van der Waals surface area contributed by atoms with E-state index in [2.05, 4.69) is 19.2 Å². The minimum Gasteiger partial charge on any atom is -0.496 e. The average Bonchev–Trinajstić information content (AvgIpc) is 2.39. The largest absolute Gasteiger partial charge is 0.496 e. The zero-order valence-corrected chi connectivity index (χ0v) is 12.6. The third kappa shape index (κ3) is 3.89. The van der Waals surface area contributed by atoms with E-state index in [1.54, 1.807) is 7.11 Å². The van der Waals surface area contributed by atoms with Crippen molar-refractivity contribution in [3.8, 4) is 5.75 Å². The van der Waals surface area contributed by atoms with Gasteiger partial charge in [-0.3, -0.25) is 0 Å². The van der Waals surface area contributed by atoms with Crippen LogP contribution in [0.3, 0.4) is 0 Å². The molecular formula is C15H24ClNO. The summed E-state index contributed by atoms with van der Waals surface area (Å²) in [5.41, 5.74) is 1.18. The molecule has 0 bridgehead atoms. The van der Waals surface area contributed by atoms with Crippen LogP contribution in [0.4, 0.5) is 0 Å². The van der Waals surface area contributed by atoms with Crippen LogP contribution in [0, 0.1) is 5.92 Å². The molecule has 0 aliphatic carbocycles. The predicted molar refractivity (Wildman–Crippen MR) is 78.6 cm³/mol. The highest BCUT2D eigenvalue weighted by atomic mass is 35.5. The fourth-order valence-electron chi connectivity index (χ4n) is 2.51. The van der Waals surface area contributed by atoms with Crippen LogP contribution < -0.4 is 10.1 Å². The van der Waals surface area contributed by atoms with Crippen molar-refractivity contribution in [2.45, 2.75) is 39.2 Å². The first kappa shape index (κ1) is 15.3. The lowest BCUT2D eigenvalue weighted by molar-refractivity contribution is 0.342. The van der Waals surface area contributed by atoms with Crippen LogP contribution in [0.5, 0.6) is 5.75 Å². The van der Waals surface area contributed by atoms with Crippen LogP contribution in [0.15, 0.2) is 18.2 Å². The Bertz CT molecular complexity index is 364. The lowest BCUT2D eigenvalue weighted by Gasteiger charge is -2.25. The number of hydrogen-bond donors (Lipinski definition) is 1. The van der Waals surface area contributed by atoms with Gasteiger partial charge >= 0.3 is 0 Å². The molecule has 0 saturated carbocycles. The zero-order valence-electron chi connectivity index (χ0n) is 11.8. The third-order valence-corrected chi connectivity index (χ3v) is 3.91. The van der Waals surface area contributed by atoms with Gasteiger partial charge in [0.1, 0.15) is 5.75 Å². The Kier molecular flexibility index (Phi) is 6.51. The van der Waals surface area contributed by atoms with Gasteiger partial charge in [0.15, 0.2) is 0 Å². The maximum absolute atomic E-state index is 6.07. The van der Waals surface area contributed by atoms with Gasteiger partial charge in [0.25, 0.3) is 0 Å². The van der Waals surface area contributed by atoms with Gasteiger partial charge in [-0.25, -0.2) is 0 Å². The average molecular weight is 270 g/mol. The molecule has 0 aromatic heterocycles. The van der Waals surface area contributed by atoms with Crippen molar-refractivity contribution >= 4 is 11.6 Å². The van der Waals surface area contributed by atoms with Crippen LogP contribution in [-0.2, 0) is 6.42 Å². The molecule has 2 nitrogen and oxygen atoms in total. The van der Waals surface area contributed by atoms with Gasteiger partial charge in [-0.15, -0.1) is 0 Å². The van der Waals surface area contributed by atoms with Crippen molar-refractivity contribution in [1.29, 1.82) is 0 Å². The van der Waals surface area contributed by atoms with E-state index in [0.29, 0.717) is 12.0 Å². The molecule has 1 aromatic carbocycles. The summed E-state index contributed by atoms with van der Waals surface area (Å²) in [5, 5.41) is 4.19. The molecule has 1 atom stereocenters. The normalized spacial score (nSPS) is 12.8. The van der Waals surface area contributed by atoms with E-state index in [1.807, 2.05) is 25.2 Å². The van der Waals surface area contributed by atoms with E-state index >= 15 is 0 Å². The van der Waals surface area contributed by atoms with Gasteiger partial charge in [0.05, 0.1) is 7.11 Å². The van der Waals surface area contributed by atoms with Gasteiger partial charge < -0.3 is 10.1 Å². The van der Waals surface area contributed by atoms with Gasteiger partial charge in [-0.05, 0) is 43.1 Å². The lowest BCUT2D eigenvalue weighted by Crippen LogP contribution is -2.35. The monoisotopic (exact) mass is 269 g/mol. The molecule has 1 unspecified atom stereocenters. The number of ether oxygens (including phenoxy) is 1. The topological polar surface area (TPSA) is 21.3 Å². The molecule has 0 aliphatic rings. The van der Waals surface area contributed by atoms with Crippen molar-refractivity contribution in [3.63, 3.8) is 0 Å². The van der Waals surface area contributed by atoms with Crippen LogP contribution in [0.2, 0.25) is 5.02 Å². The lowest BCUT2D eigenvalue weighted by atomic mass is 9.89. The molecule has 1 N–H and O–H groups in total. The van der Waals surface area contributed by atoms with Gasteiger partial charge in [0, 0.05) is 11.1 Å². The highest BCUT2D eigenvalue weighted by Gasteiger charge is 2.18. The fourth-order valence-corrected chi connectivity index (χ4v) is 2.70. The summed E-state index contributed by atoms with van der Waals surface area (Å²) in [5.74, 6) is 1.60. The van der Waals surface area contributed by atoms with Crippen molar-refractivity contribution in [1.82, 2.24) is 5.32 Å². The quantitative estimate of drug-likeness (QED) is 0.810. The molecule has 0 amide bonds. The highest BCUT2D eigenvalue weighted by molar-refractivity contribution is 6.30. The number of hydrogen-bond acceptors (Lipinski definition) is 2. The number of rotatable bonds is 7. The molecule has 3 heteroatoms. The van der Waals surface area contributed by atoms with Crippen molar-refractivity contribution < 1.29 is 4.74 Å². The summed E-state index contributed by atoms with van der Waals surface area (Å²) >= 11 is 6.07. The summed E-state index contributed by atoms with van der Waals surface area (Å²) in [6, 6.07) is 6.28. The van der Waals surface area contributed by atoms with Crippen LogP contribution in [-0.4, -0.2) is 20.2 Å². The highest BCUT2D eigenvalue weighted by Crippen LogP contribution is 2.26. The van der Waals surface area contributed by atoms with Crippen molar-refractivity contribution in [3.05, 3.63) is 28.8 Å². The predicted octanol–water partition coefficient (Wildman–Crippen LogP) is 3.92. The molecule has 0 spiro atoms. The minimum atomic E-state index is 0.465. The second kappa shape index (κ2) is 7.65. The Hall–Kier alpha value is -0.730. The summed E-state index contributed by atoms with van der Waals surface area (Å²) in [7, 11) is 3.73. The first-order valence-corrected chi connectivity index (χ1v) is 7.03. The Morgan fingerprint density at radius 3 is 2.44 bits per heavy atom. The summed E-state index contributed by atoms with van der Waals surface area (Å²) < 4.78 is 5.41. The Balaban J connectivity index is 2.89. The van der Waals surface area contributed by atoms with E-state index in [-0.39, 0.29) is 0 Å². The number of benzene rings is 1. The maximum Gasteiger partial charge on any atom is 0.122 e. The smallest absolute Gasteiger partial charge is 0.122 e. The molecule has 0 heterocycles. The number of likely N-dealkylation sites (N-methyl/N-ethyl adjacent to an activating group) is 1. The first-order chi connectivity index (χ1) is 8.65. The maximum atomic E-state index is 6.07.